The van der Waals surface area contributed by atoms with Crippen molar-refractivity contribution in [3.05, 3.63) is 71.9 Å². The lowest BCUT2D eigenvalue weighted by atomic mass is 10.2. The predicted molar refractivity (Wildman–Crippen MR) is 129 cm³/mol. The summed E-state index contributed by atoms with van der Waals surface area (Å²) >= 11 is 0. The van der Waals surface area contributed by atoms with Crippen LogP contribution < -0.4 is 19.5 Å². The van der Waals surface area contributed by atoms with E-state index in [1.54, 1.807) is 6.20 Å². The van der Waals surface area contributed by atoms with Crippen LogP contribution in [0.25, 0.3) is 0 Å². The van der Waals surface area contributed by atoms with Crippen LogP contribution in [0.3, 0.4) is 0 Å². The molecule has 35 heavy (non-hydrogen) atoms. The number of carbonyl (C=O) groups is 1. The molecule has 1 fully saturated rings. The van der Waals surface area contributed by atoms with Crippen molar-refractivity contribution < 1.29 is 23.4 Å². The first-order valence-corrected chi connectivity index (χ1v) is 11.9. The fourth-order valence-corrected chi connectivity index (χ4v) is 4.02. The molecule has 0 saturated carbocycles. The number of ether oxygens (including phenoxy) is 3. The standard InChI is InChI=1S/C26H30N4O5/c1-29-9-11-30(12-10-29)16-21-14-28-26(35-21)25(31)27-15-22-18-33-23-8-7-20(13-24(23)34-22)32-17-19-5-3-2-4-6-19/h2-8,13-14,22H,9-12,15-18H2,1H3,(H,27,31). The Morgan fingerprint density at radius 2 is 1.94 bits per heavy atom. The third kappa shape index (κ3) is 6.12. The molecule has 5 rings (SSSR count). The Morgan fingerprint density at radius 1 is 1.11 bits per heavy atom. The summed E-state index contributed by atoms with van der Waals surface area (Å²) in [4.78, 5) is 21.3. The van der Waals surface area contributed by atoms with Gasteiger partial charge in [0.05, 0.1) is 19.3 Å². The molecule has 1 N–H and O–H groups in total. The number of piperazine rings is 1. The third-order valence-corrected chi connectivity index (χ3v) is 6.10. The minimum absolute atomic E-state index is 0.0582. The molecule has 2 aliphatic rings. The first-order valence-electron chi connectivity index (χ1n) is 11.9. The molecule has 9 heteroatoms. The zero-order valence-electron chi connectivity index (χ0n) is 19.8. The van der Waals surface area contributed by atoms with E-state index in [1.165, 1.54) is 0 Å². The van der Waals surface area contributed by atoms with E-state index in [2.05, 4.69) is 27.1 Å². The monoisotopic (exact) mass is 478 g/mol. The highest BCUT2D eigenvalue weighted by atomic mass is 16.6. The van der Waals surface area contributed by atoms with E-state index < -0.39 is 0 Å². The topological polar surface area (TPSA) is 89.3 Å². The summed E-state index contributed by atoms with van der Waals surface area (Å²) in [6.45, 7) is 5.70. The normalized spacial score (nSPS) is 18.3. The molecule has 0 radical (unpaired) electrons. The molecule has 9 nitrogen and oxygen atoms in total. The van der Waals surface area contributed by atoms with Crippen LogP contribution in [-0.2, 0) is 13.2 Å². The number of fused-ring (bicyclic) bond motifs is 1. The van der Waals surface area contributed by atoms with Gasteiger partial charge in [-0.25, -0.2) is 4.98 Å². The summed E-state index contributed by atoms with van der Waals surface area (Å²) in [5, 5.41) is 2.83. The molecule has 3 heterocycles. The smallest absolute Gasteiger partial charge is 0.307 e. The number of rotatable bonds is 8. The van der Waals surface area contributed by atoms with E-state index in [9.17, 15) is 4.79 Å². The van der Waals surface area contributed by atoms with Gasteiger partial charge >= 0.3 is 5.91 Å². The lowest BCUT2D eigenvalue weighted by Crippen LogP contribution is -2.43. The van der Waals surface area contributed by atoms with Crippen molar-refractivity contribution >= 4 is 5.91 Å². The molecular formula is C26H30N4O5. The third-order valence-electron chi connectivity index (χ3n) is 6.10. The summed E-state index contributed by atoms with van der Waals surface area (Å²) < 4.78 is 23.4. The van der Waals surface area contributed by atoms with Gasteiger partial charge in [0.25, 0.3) is 5.89 Å². The van der Waals surface area contributed by atoms with E-state index in [0.717, 1.165) is 31.7 Å². The van der Waals surface area contributed by atoms with E-state index in [-0.39, 0.29) is 24.4 Å². The molecular weight excluding hydrogens is 448 g/mol. The first kappa shape index (κ1) is 23.2. The van der Waals surface area contributed by atoms with Crippen molar-refractivity contribution in [3.8, 4) is 17.2 Å². The van der Waals surface area contributed by atoms with Crippen LogP contribution >= 0.6 is 0 Å². The Morgan fingerprint density at radius 3 is 2.77 bits per heavy atom. The maximum Gasteiger partial charge on any atom is 0.307 e. The quantitative estimate of drug-likeness (QED) is 0.529. The predicted octanol–water partition coefficient (Wildman–Crippen LogP) is 2.57. The van der Waals surface area contributed by atoms with Crippen molar-refractivity contribution in [2.45, 2.75) is 19.3 Å². The summed E-state index contributed by atoms with van der Waals surface area (Å²) in [6.07, 6.45) is 1.29. The largest absolute Gasteiger partial charge is 0.489 e. The molecule has 0 spiro atoms. The molecule has 1 aromatic heterocycles. The summed E-state index contributed by atoms with van der Waals surface area (Å²) in [5.74, 6) is 2.31. The number of nitrogens with zero attached hydrogens (tertiary/aromatic N) is 3. The molecule has 184 valence electrons. The highest BCUT2D eigenvalue weighted by Crippen LogP contribution is 2.35. The number of likely N-dealkylation sites (N-methyl/N-ethyl adjacent to an activating group) is 1. The first-order chi connectivity index (χ1) is 17.1. The van der Waals surface area contributed by atoms with Gasteiger partial charge in [-0.15, -0.1) is 0 Å². The second-order valence-electron chi connectivity index (χ2n) is 8.85. The van der Waals surface area contributed by atoms with E-state index in [1.807, 2.05) is 48.5 Å². The number of oxazole rings is 1. The van der Waals surface area contributed by atoms with Gasteiger partial charge in [-0.3, -0.25) is 9.69 Å². The number of hydrogen-bond acceptors (Lipinski definition) is 8. The van der Waals surface area contributed by atoms with Crippen LogP contribution in [-0.4, -0.2) is 73.2 Å². The number of aromatic nitrogens is 1. The fourth-order valence-electron chi connectivity index (χ4n) is 4.02. The second kappa shape index (κ2) is 10.8. The van der Waals surface area contributed by atoms with Crippen LogP contribution in [0, 0.1) is 0 Å². The van der Waals surface area contributed by atoms with Crippen molar-refractivity contribution in [2.75, 3.05) is 46.4 Å². The van der Waals surface area contributed by atoms with E-state index >= 15 is 0 Å². The Kier molecular flexibility index (Phi) is 7.15. The van der Waals surface area contributed by atoms with Crippen molar-refractivity contribution in [1.82, 2.24) is 20.1 Å². The Hall–Kier alpha value is -3.56. The minimum atomic E-state index is -0.371. The van der Waals surface area contributed by atoms with Gasteiger partial charge in [-0.05, 0) is 24.7 Å². The molecule has 1 atom stereocenters. The van der Waals surface area contributed by atoms with Gasteiger partial charge in [0.1, 0.15) is 30.8 Å². The second-order valence-corrected chi connectivity index (χ2v) is 8.85. The van der Waals surface area contributed by atoms with Crippen LogP contribution in [0.1, 0.15) is 22.0 Å². The lowest BCUT2D eigenvalue weighted by Gasteiger charge is -2.31. The van der Waals surface area contributed by atoms with Crippen LogP contribution in [0.4, 0.5) is 0 Å². The van der Waals surface area contributed by atoms with Gasteiger partial charge in [0.2, 0.25) is 0 Å². The van der Waals surface area contributed by atoms with Crippen molar-refractivity contribution in [1.29, 1.82) is 0 Å². The molecule has 0 bridgehead atoms. The van der Waals surface area contributed by atoms with Crippen molar-refractivity contribution in [3.63, 3.8) is 0 Å². The van der Waals surface area contributed by atoms with Gasteiger partial charge in [0, 0.05) is 32.2 Å². The Balaban J connectivity index is 1.10. The highest BCUT2D eigenvalue weighted by Gasteiger charge is 2.24. The molecule has 0 aliphatic carbocycles. The SMILES string of the molecule is CN1CCN(Cc2cnc(C(=O)NCC3COc4ccc(OCc5ccccc5)cc4O3)o2)CC1. The summed E-state index contributed by atoms with van der Waals surface area (Å²) in [5.41, 5.74) is 1.08. The highest BCUT2D eigenvalue weighted by molar-refractivity contribution is 5.89. The number of hydrogen-bond donors (Lipinski definition) is 1. The number of carbonyl (C=O) groups excluding carboxylic acids is 1. The van der Waals surface area contributed by atoms with Crippen molar-refractivity contribution in [2.24, 2.45) is 0 Å². The molecule has 3 aromatic rings. The number of amides is 1. The van der Waals surface area contributed by atoms with Gasteiger partial charge in [-0.1, -0.05) is 30.3 Å². The lowest BCUT2D eigenvalue weighted by molar-refractivity contribution is 0.0763. The average Bonchev–Trinajstić information content (AvgIpc) is 3.36. The van der Waals surface area contributed by atoms with Gasteiger partial charge in [-0.2, -0.15) is 0 Å². The number of nitrogens with one attached hydrogen (secondary N) is 1. The average molecular weight is 479 g/mol. The van der Waals surface area contributed by atoms with Gasteiger partial charge < -0.3 is 28.8 Å². The molecule has 1 unspecified atom stereocenters. The van der Waals surface area contributed by atoms with Crippen LogP contribution in [0.5, 0.6) is 17.2 Å². The molecule has 1 amide bonds. The maximum absolute atomic E-state index is 12.6. The maximum atomic E-state index is 12.6. The molecule has 2 aromatic carbocycles. The minimum Gasteiger partial charge on any atom is -0.489 e. The molecule has 1 saturated heterocycles. The molecule has 2 aliphatic heterocycles. The zero-order valence-corrected chi connectivity index (χ0v) is 19.8. The van der Waals surface area contributed by atoms with E-state index in [0.29, 0.717) is 42.8 Å². The van der Waals surface area contributed by atoms with Gasteiger partial charge in [0.15, 0.2) is 11.5 Å². The zero-order chi connectivity index (χ0) is 24.0. The Labute approximate surface area is 204 Å². The van der Waals surface area contributed by atoms with E-state index in [4.69, 9.17) is 18.6 Å². The van der Waals surface area contributed by atoms with Crippen LogP contribution in [0.15, 0.2) is 59.1 Å². The summed E-state index contributed by atoms with van der Waals surface area (Å²) in [7, 11) is 2.12. The Bertz CT molecular complexity index is 1130. The fraction of sp³-hybridized carbons (Fsp3) is 0.385. The summed E-state index contributed by atoms with van der Waals surface area (Å²) in [6, 6.07) is 15.5. The number of benzene rings is 2. The van der Waals surface area contributed by atoms with Crippen LogP contribution in [0.2, 0.25) is 0 Å².